The van der Waals surface area contributed by atoms with Crippen molar-refractivity contribution in [2.75, 3.05) is 6.61 Å². The summed E-state index contributed by atoms with van der Waals surface area (Å²) in [5.74, 6) is -5.36. The van der Waals surface area contributed by atoms with Crippen molar-refractivity contribution < 1.29 is 45.1 Å². The lowest BCUT2D eigenvalue weighted by Gasteiger charge is -2.29. The first-order chi connectivity index (χ1) is 13.9. The van der Waals surface area contributed by atoms with Crippen LogP contribution in [-0.2, 0) is 4.74 Å². The van der Waals surface area contributed by atoms with E-state index in [1.165, 1.54) is 18.2 Å². The number of amides is 1. The number of carbonyl (C=O) groups excluding carboxylic acids is 2. The van der Waals surface area contributed by atoms with Crippen LogP contribution in [0.4, 0.5) is 35.5 Å². The highest BCUT2D eigenvalue weighted by Gasteiger charge is 2.51. The van der Waals surface area contributed by atoms with Gasteiger partial charge in [-0.25, -0.2) is 9.18 Å². The standard InChI is InChI=1S/C19H14F7NO3/c20-13-8-4-7-12(9-13)15(27-17(29)30-10-18(21,22)23)14(19(24,25)26)16(28)11-5-2-1-3-6-11/h1-9,14-15H,10H2,(H,27,29). The largest absolute Gasteiger partial charge is 0.440 e. The Bertz CT molecular complexity index is 882. The third-order valence-electron chi connectivity index (χ3n) is 3.87. The molecule has 11 heteroatoms. The number of hydrogen-bond acceptors (Lipinski definition) is 3. The topological polar surface area (TPSA) is 55.4 Å². The lowest BCUT2D eigenvalue weighted by molar-refractivity contribution is -0.170. The van der Waals surface area contributed by atoms with E-state index in [-0.39, 0.29) is 5.56 Å². The summed E-state index contributed by atoms with van der Waals surface area (Å²) < 4.78 is 95.7. The van der Waals surface area contributed by atoms with E-state index in [0.29, 0.717) is 6.07 Å². The van der Waals surface area contributed by atoms with Crippen LogP contribution < -0.4 is 5.32 Å². The molecular formula is C19H14F7NO3. The molecule has 4 nitrogen and oxygen atoms in total. The average Bonchev–Trinajstić information content (AvgIpc) is 2.65. The maximum atomic E-state index is 13.8. The number of alkyl carbamates (subject to hydrolysis) is 1. The molecule has 2 aromatic rings. The molecule has 2 aromatic carbocycles. The Morgan fingerprint density at radius 2 is 1.57 bits per heavy atom. The van der Waals surface area contributed by atoms with E-state index < -0.39 is 54.2 Å². The van der Waals surface area contributed by atoms with E-state index in [9.17, 15) is 40.3 Å². The molecule has 0 radical (unpaired) electrons. The summed E-state index contributed by atoms with van der Waals surface area (Å²) in [6.07, 6.45) is -12.0. The molecule has 1 N–H and O–H groups in total. The van der Waals surface area contributed by atoms with E-state index in [0.717, 1.165) is 30.3 Å². The maximum absolute atomic E-state index is 13.8. The van der Waals surface area contributed by atoms with E-state index >= 15 is 0 Å². The number of halogens is 7. The molecule has 30 heavy (non-hydrogen) atoms. The fraction of sp³-hybridized carbons (Fsp3) is 0.263. The van der Waals surface area contributed by atoms with E-state index in [1.807, 2.05) is 0 Å². The molecule has 0 saturated heterocycles. The van der Waals surface area contributed by atoms with Gasteiger partial charge in [-0.05, 0) is 17.7 Å². The lowest BCUT2D eigenvalue weighted by atomic mass is 9.86. The molecule has 0 fully saturated rings. The second-order valence-corrected chi connectivity index (χ2v) is 6.12. The van der Waals surface area contributed by atoms with Gasteiger partial charge < -0.3 is 10.1 Å². The number of rotatable bonds is 6. The number of benzene rings is 2. The number of ether oxygens (including phenoxy) is 1. The lowest BCUT2D eigenvalue weighted by Crippen LogP contribution is -2.44. The molecular weight excluding hydrogens is 423 g/mol. The third-order valence-corrected chi connectivity index (χ3v) is 3.87. The zero-order valence-electron chi connectivity index (χ0n) is 14.9. The minimum absolute atomic E-state index is 0.355. The zero-order valence-corrected chi connectivity index (χ0v) is 14.9. The quantitative estimate of drug-likeness (QED) is 0.498. The number of hydrogen-bond donors (Lipinski definition) is 1. The molecule has 2 unspecified atom stereocenters. The van der Waals surface area contributed by atoms with Crippen molar-refractivity contribution >= 4 is 11.9 Å². The van der Waals surface area contributed by atoms with Crippen LogP contribution in [0.25, 0.3) is 0 Å². The predicted octanol–water partition coefficient (Wildman–Crippen LogP) is 5.22. The fourth-order valence-electron chi connectivity index (χ4n) is 2.65. The first-order valence-electron chi connectivity index (χ1n) is 8.30. The van der Waals surface area contributed by atoms with Crippen molar-refractivity contribution in [3.63, 3.8) is 0 Å². The van der Waals surface area contributed by atoms with E-state index in [1.54, 1.807) is 5.32 Å². The number of alkyl halides is 6. The van der Waals surface area contributed by atoms with Gasteiger partial charge >= 0.3 is 18.4 Å². The Morgan fingerprint density at radius 1 is 0.933 bits per heavy atom. The molecule has 0 aliphatic carbocycles. The summed E-state index contributed by atoms with van der Waals surface area (Å²) in [6, 6.07) is 7.60. The van der Waals surface area contributed by atoms with Crippen LogP contribution in [0.5, 0.6) is 0 Å². The van der Waals surface area contributed by atoms with Crippen LogP contribution >= 0.6 is 0 Å². The summed E-state index contributed by atoms with van der Waals surface area (Å²) >= 11 is 0. The molecule has 0 aromatic heterocycles. The summed E-state index contributed by atoms with van der Waals surface area (Å²) in [4.78, 5) is 24.3. The van der Waals surface area contributed by atoms with Gasteiger partial charge in [0, 0.05) is 5.56 Å². The Labute approximate surface area is 165 Å². The van der Waals surface area contributed by atoms with E-state index in [4.69, 9.17) is 0 Å². The van der Waals surface area contributed by atoms with Crippen molar-refractivity contribution in [2.24, 2.45) is 5.92 Å². The summed E-state index contributed by atoms with van der Waals surface area (Å²) in [6.45, 7) is -2.06. The highest BCUT2D eigenvalue weighted by molar-refractivity contribution is 5.99. The van der Waals surface area contributed by atoms with Crippen LogP contribution in [0, 0.1) is 11.7 Å². The molecule has 0 heterocycles. The maximum Gasteiger partial charge on any atom is 0.422 e. The van der Waals surface area contributed by atoms with Gasteiger partial charge in [-0.1, -0.05) is 42.5 Å². The van der Waals surface area contributed by atoms with Crippen LogP contribution in [0.3, 0.4) is 0 Å². The van der Waals surface area contributed by atoms with Crippen molar-refractivity contribution in [1.29, 1.82) is 0 Å². The smallest absolute Gasteiger partial charge is 0.422 e. The molecule has 2 atom stereocenters. The SMILES string of the molecule is O=C(NC(c1cccc(F)c1)C(C(=O)c1ccccc1)C(F)(F)F)OCC(F)(F)F. The third kappa shape index (κ3) is 6.46. The fourth-order valence-corrected chi connectivity index (χ4v) is 2.65. The number of nitrogens with one attached hydrogen (secondary N) is 1. The van der Waals surface area contributed by atoms with Gasteiger partial charge in [-0.15, -0.1) is 0 Å². The van der Waals surface area contributed by atoms with Gasteiger partial charge in [0.1, 0.15) is 11.7 Å². The van der Waals surface area contributed by atoms with Crippen LogP contribution in [-0.4, -0.2) is 30.8 Å². The predicted molar refractivity (Wildman–Crippen MR) is 90.0 cm³/mol. The second-order valence-electron chi connectivity index (χ2n) is 6.12. The molecule has 0 saturated carbocycles. The number of carbonyl (C=O) groups is 2. The van der Waals surface area contributed by atoms with Crippen LogP contribution in [0.1, 0.15) is 22.0 Å². The molecule has 0 aliphatic rings. The second kappa shape index (κ2) is 9.14. The minimum Gasteiger partial charge on any atom is -0.440 e. The molecule has 2 rings (SSSR count). The minimum atomic E-state index is -5.23. The van der Waals surface area contributed by atoms with Gasteiger partial charge in [0.15, 0.2) is 12.4 Å². The van der Waals surface area contributed by atoms with Gasteiger partial charge in [0.05, 0.1) is 6.04 Å². The monoisotopic (exact) mass is 437 g/mol. The van der Waals surface area contributed by atoms with Gasteiger partial charge in [0.2, 0.25) is 0 Å². The van der Waals surface area contributed by atoms with Gasteiger partial charge in [-0.3, -0.25) is 4.79 Å². The first-order valence-corrected chi connectivity index (χ1v) is 8.30. The summed E-state index contributed by atoms with van der Waals surface area (Å²) in [7, 11) is 0. The Balaban J connectivity index is 2.45. The Kier molecular flexibility index (Phi) is 7.06. The molecule has 0 bridgehead atoms. The molecule has 162 valence electrons. The van der Waals surface area contributed by atoms with Crippen LogP contribution in [0.2, 0.25) is 0 Å². The zero-order chi connectivity index (χ0) is 22.5. The van der Waals surface area contributed by atoms with Gasteiger partial charge in [-0.2, -0.15) is 26.3 Å². The highest BCUT2D eigenvalue weighted by atomic mass is 19.4. The highest BCUT2D eigenvalue weighted by Crippen LogP contribution is 2.39. The van der Waals surface area contributed by atoms with Crippen molar-refractivity contribution in [3.05, 3.63) is 71.5 Å². The van der Waals surface area contributed by atoms with E-state index in [2.05, 4.69) is 4.74 Å². The Hall–Kier alpha value is -3.11. The van der Waals surface area contributed by atoms with Crippen molar-refractivity contribution in [2.45, 2.75) is 18.4 Å². The number of Topliss-reactive ketones (excluding diaryl/α,β-unsaturated/α-hetero) is 1. The van der Waals surface area contributed by atoms with Gasteiger partial charge in [0.25, 0.3) is 0 Å². The molecule has 0 aliphatic heterocycles. The summed E-state index contributed by atoms with van der Waals surface area (Å²) in [5, 5.41) is 1.62. The number of ketones is 1. The first kappa shape index (κ1) is 23.2. The molecule has 1 amide bonds. The van der Waals surface area contributed by atoms with Crippen molar-refractivity contribution in [1.82, 2.24) is 5.32 Å². The Morgan fingerprint density at radius 3 is 2.10 bits per heavy atom. The normalized spacial score (nSPS) is 14.0. The summed E-state index contributed by atoms with van der Waals surface area (Å²) in [5.41, 5.74) is -0.836. The van der Waals surface area contributed by atoms with Crippen molar-refractivity contribution in [3.8, 4) is 0 Å². The average molecular weight is 437 g/mol. The molecule has 0 spiro atoms. The van der Waals surface area contributed by atoms with Crippen LogP contribution in [0.15, 0.2) is 54.6 Å².